The van der Waals surface area contributed by atoms with Crippen LogP contribution in [0.4, 0.5) is 0 Å². The van der Waals surface area contributed by atoms with Gasteiger partial charge in [0.05, 0.1) is 19.8 Å². The van der Waals surface area contributed by atoms with Crippen LogP contribution in [0.1, 0.15) is 31.0 Å². The molecule has 1 aromatic carbocycles. The van der Waals surface area contributed by atoms with Gasteiger partial charge in [-0.15, -0.1) is 0 Å². The van der Waals surface area contributed by atoms with E-state index in [-0.39, 0.29) is 6.04 Å². The molecule has 1 aliphatic heterocycles. The maximum absolute atomic E-state index is 5.95. The molecule has 0 aliphatic carbocycles. The van der Waals surface area contributed by atoms with Gasteiger partial charge in [-0.3, -0.25) is 4.90 Å². The van der Waals surface area contributed by atoms with E-state index in [1.54, 1.807) is 7.11 Å². The Labute approximate surface area is 115 Å². The first kappa shape index (κ1) is 14.3. The van der Waals surface area contributed by atoms with E-state index in [1.807, 2.05) is 19.1 Å². The lowest BCUT2D eigenvalue weighted by molar-refractivity contribution is -0.0214. The second-order valence-corrected chi connectivity index (χ2v) is 5.28. The molecule has 1 saturated heterocycles. The summed E-state index contributed by atoms with van der Waals surface area (Å²) >= 11 is 0. The minimum atomic E-state index is 0.0493. The van der Waals surface area contributed by atoms with Crippen molar-refractivity contribution in [2.45, 2.75) is 32.5 Å². The lowest BCUT2D eigenvalue weighted by atomic mass is 10.0. The molecule has 0 spiro atoms. The first-order valence-corrected chi connectivity index (χ1v) is 6.86. The molecule has 1 heterocycles. The number of ether oxygens (including phenoxy) is 2. The average molecular weight is 264 g/mol. The molecule has 2 N–H and O–H groups in total. The third-order valence-electron chi connectivity index (χ3n) is 3.55. The molecule has 0 radical (unpaired) electrons. The number of morpholine rings is 1. The van der Waals surface area contributed by atoms with Crippen LogP contribution < -0.4 is 10.5 Å². The highest BCUT2D eigenvalue weighted by Gasteiger charge is 2.18. The lowest BCUT2D eigenvalue weighted by Gasteiger charge is -2.31. The van der Waals surface area contributed by atoms with Crippen molar-refractivity contribution in [1.29, 1.82) is 0 Å². The third-order valence-corrected chi connectivity index (χ3v) is 3.55. The molecule has 2 atom stereocenters. The van der Waals surface area contributed by atoms with E-state index in [4.69, 9.17) is 15.2 Å². The molecule has 1 aromatic rings. The summed E-state index contributed by atoms with van der Waals surface area (Å²) in [6.45, 7) is 7.74. The van der Waals surface area contributed by atoms with Crippen LogP contribution in [0.25, 0.3) is 0 Å². The summed E-state index contributed by atoms with van der Waals surface area (Å²) in [5.74, 6) is 0.934. The Balaban J connectivity index is 2.14. The molecule has 4 heteroatoms. The molecular formula is C15H24N2O2. The first-order chi connectivity index (χ1) is 9.10. The summed E-state index contributed by atoms with van der Waals surface area (Å²) in [7, 11) is 1.71. The van der Waals surface area contributed by atoms with Gasteiger partial charge in [0.25, 0.3) is 0 Å². The van der Waals surface area contributed by atoms with E-state index in [2.05, 4.69) is 17.9 Å². The number of hydrogen-bond donors (Lipinski definition) is 1. The number of nitrogens with two attached hydrogens (primary N) is 1. The number of nitrogens with zero attached hydrogens (tertiary/aromatic N) is 1. The minimum absolute atomic E-state index is 0.0493. The predicted molar refractivity (Wildman–Crippen MR) is 76.3 cm³/mol. The van der Waals surface area contributed by atoms with Crippen molar-refractivity contribution in [3.05, 3.63) is 29.3 Å². The van der Waals surface area contributed by atoms with Gasteiger partial charge in [-0.1, -0.05) is 6.07 Å². The second kappa shape index (κ2) is 6.37. The molecular weight excluding hydrogens is 240 g/mol. The van der Waals surface area contributed by atoms with Gasteiger partial charge in [0.15, 0.2) is 0 Å². The Morgan fingerprint density at radius 3 is 2.95 bits per heavy atom. The highest BCUT2D eigenvalue weighted by molar-refractivity contribution is 5.38. The van der Waals surface area contributed by atoms with Gasteiger partial charge in [-0.25, -0.2) is 0 Å². The highest BCUT2D eigenvalue weighted by Crippen LogP contribution is 2.24. The molecule has 2 unspecified atom stereocenters. The number of benzene rings is 1. The lowest BCUT2D eigenvalue weighted by Crippen LogP contribution is -2.40. The van der Waals surface area contributed by atoms with Crippen LogP contribution in [0.15, 0.2) is 18.2 Å². The van der Waals surface area contributed by atoms with E-state index in [0.29, 0.717) is 6.10 Å². The molecule has 1 fully saturated rings. The zero-order valence-electron chi connectivity index (χ0n) is 12.1. The Morgan fingerprint density at radius 1 is 1.53 bits per heavy atom. The minimum Gasteiger partial charge on any atom is -0.496 e. The fraction of sp³-hybridized carbons (Fsp3) is 0.600. The van der Waals surface area contributed by atoms with Crippen molar-refractivity contribution in [2.75, 3.05) is 26.8 Å². The van der Waals surface area contributed by atoms with Gasteiger partial charge >= 0.3 is 0 Å². The normalized spacial score (nSPS) is 22.2. The predicted octanol–water partition coefficient (Wildman–Crippen LogP) is 1.94. The standard InChI is InChI=1S/C15H24N2O2/c1-11-9-17(6-7-19-11)10-14-8-13(12(2)16)4-5-15(14)18-3/h4-5,8,11-12H,6-7,9-10,16H2,1-3H3. The van der Waals surface area contributed by atoms with Gasteiger partial charge in [0.1, 0.15) is 5.75 Å². The summed E-state index contributed by atoms with van der Waals surface area (Å²) in [5.41, 5.74) is 8.31. The Bertz CT molecular complexity index is 421. The van der Waals surface area contributed by atoms with Gasteiger partial charge in [-0.2, -0.15) is 0 Å². The number of rotatable bonds is 4. The summed E-state index contributed by atoms with van der Waals surface area (Å²) in [6, 6.07) is 6.25. The van der Waals surface area contributed by atoms with Crippen molar-refractivity contribution in [2.24, 2.45) is 5.73 Å². The van der Waals surface area contributed by atoms with Gasteiger partial charge in [-0.05, 0) is 31.5 Å². The van der Waals surface area contributed by atoms with Gasteiger partial charge < -0.3 is 15.2 Å². The van der Waals surface area contributed by atoms with Crippen molar-refractivity contribution < 1.29 is 9.47 Å². The van der Waals surface area contributed by atoms with Crippen molar-refractivity contribution in [3.8, 4) is 5.75 Å². The smallest absolute Gasteiger partial charge is 0.123 e. The maximum atomic E-state index is 5.95. The quantitative estimate of drug-likeness (QED) is 0.903. The molecule has 0 bridgehead atoms. The maximum Gasteiger partial charge on any atom is 0.123 e. The number of hydrogen-bond acceptors (Lipinski definition) is 4. The molecule has 0 saturated carbocycles. The van der Waals surface area contributed by atoms with Gasteiger partial charge in [0, 0.05) is 31.2 Å². The number of methoxy groups -OCH3 is 1. The van der Waals surface area contributed by atoms with Crippen LogP contribution in [-0.2, 0) is 11.3 Å². The van der Waals surface area contributed by atoms with Crippen LogP contribution in [0.5, 0.6) is 5.75 Å². The van der Waals surface area contributed by atoms with E-state index in [1.165, 1.54) is 5.56 Å². The monoisotopic (exact) mass is 264 g/mol. The van der Waals surface area contributed by atoms with Crippen LogP contribution >= 0.6 is 0 Å². The fourth-order valence-corrected chi connectivity index (χ4v) is 2.48. The molecule has 19 heavy (non-hydrogen) atoms. The second-order valence-electron chi connectivity index (χ2n) is 5.28. The van der Waals surface area contributed by atoms with Crippen molar-refractivity contribution >= 4 is 0 Å². The zero-order valence-corrected chi connectivity index (χ0v) is 12.1. The van der Waals surface area contributed by atoms with E-state index in [0.717, 1.165) is 37.6 Å². The first-order valence-electron chi connectivity index (χ1n) is 6.86. The highest BCUT2D eigenvalue weighted by atomic mass is 16.5. The van der Waals surface area contributed by atoms with Crippen LogP contribution in [-0.4, -0.2) is 37.8 Å². The zero-order chi connectivity index (χ0) is 13.8. The van der Waals surface area contributed by atoms with Crippen molar-refractivity contribution in [3.63, 3.8) is 0 Å². The summed E-state index contributed by atoms with van der Waals surface area (Å²) in [5, 5.41) is 0. The molecule has 0 amide bonds. The summed E-state index contributed by atoms with van der Waals surface area (Å²) in [4.78, 5) is 2.40. The summed E-state index contributed by atoms with van der Waals surface area (Å²) in [6.07, 6.45) is 0.302. The SMILES string of the molecule is COc1ccc(C(C)N)cc1CN1CCOC(C)C1. The van der Waals surface area contributed by atoms with Crippen molar-refractivity contribution in [1.82, 2.24) is 4.90 Å². The Morgan fingerprint density at radius 2 is 2.32 bits per heavy atom. The third kappa shape index (κ3) is 3.69. The molecule has 2 rings (SSSR count). The van der Waals surface area contributed by atoms with E-state index in [9.17, 15) is 0 Å². The van der Waals surface area contributed by atoms with Crippen LogP contribution in [0.3, 0.4) is 0 Å². The molecule has 106 valence electrons. The topological polar surface area (TPSA) is 47.7 Å². The Hall–Kier alpha value is -1.10. The fourth-order valence-electron chi connectivity index (χ4n) is 2.48. The van der Waals surface area contributed by atoms with Gasteiger partial charge in [0.2, 0.25) is 0 Å². The summed E-state index contributed by atoms with van der Waals surface area (Å²) < 4.78 is 11.0. The molecule has 1 aliphatic rings. The average Bonchev–Trinajstić information content (AvgIpc) is 2.38. The van der Waals surface area contributed by atoms with E-state index < -0.39 is 0 Å². The molecule has 4 nitrogen and oxygen atoms in total. The molecule has 0 aromatic heterocycles. The Kier molecular flexibility index (Phi) is 4.80. The van der Waals surface area contributed by atoms with Crippen LogP contribution in [0.2, 0.25) is 0 Å². The van der Waals surface area contributed by atoms with E-state index >= 15 is 0 Å². The largest absolute Gasteiger partial charge is 0.496 e. The van der Waals surface area contributed by atoms with Crippen LogP contribution in [0, 0.1) is 0 Å².